The Morgan fingerprint density at radius 2 is 1.79 bits per heavy atom. The van der Waals surface area contributed by atoms with Crippen molar-refractivity contribution in [2.45, 2.75) is 25.7 Å². The van der Waals surface area contributed by atoms with Gasteiger partial charge in [-0.3, -0.25) is 0 Å². The highest BCUT2D eigenvalue weighted by molar-refractivity contribution is 5.94. The maximum atomic E-state index is 5.55. The summed E-state index contributed by atoms with van der Waals surface area (Å²) in [5.41, 5.74) is 4.11. The molecule has 0 spiro atoms. The van der Waals surface area contributed by atoms with Crippen LogP contribution in [0.1, 0.15) is 25.7 Å². The van der Waals surface area contributed by atoms with Gasteiger partial charge in [0.2, 0.25) is 0 Å². The number of hydrogen-bond acceptors (Lipinski definition) is 4. The lowest BCUT2D eigenvalue weighted by atomic mass is 10.1. The fourth-order valence-corrected chi connectivity index (χ4v) is 4.02. The summed E-state index contributed by atoms with van der Waals surface area (Å²) >= 11 is 0. The molecule has 146 valence electrons. The second kappa shape index (κ2) is 9.07. The lowest BCUT2D eigenvalue weighted by Crippen LogP contribution is -2.31. The van der Waals surface area contributed by atoms with E-state index < -0.39 is 0 Å². The Labute approximate surface area is 167 Å². The third kappa shape index (κ3) is 4.28. The fraction of sp³-hybridized carbons (Fsp3) is 0.375. The van der Waals surface area contributed by atoms with E-state index in [1.54, 1.807) is 7.11 Å². The Balaban J connectivity index is 1.54. The number of hydrogen-bond donors (Lipinski definition) is 1. The van der Waals surface area contributed by atoms with Gasteiger partial charge in [-0.05, 0) is 63.2 Å². The molecule has 4 nitrogen and oxygen atoms in total. The lowest BCUT2D eigenvalue weighted by Gasteiger charge is -2.26. The number of likely N-dealkylation sites (tertiary alicyclic amines) is 1. The minimum absolute atomic E-state index is 0.848. The van der Waals surface area contributed by atoms with E-state index in [9.17, 15) is 0 Å². The van der Waals surface area contributed by atoms with Gasteiger partial charge >= 0.3 is 0 Å². The third-order valence-electron chi connectivity index (χ3n) is 5.51. The minimum atomic E-state index is 0.848. The van der Waals surface area contributed by atoms with Crippen LogP contribution in [0.2, 0.25) is 0 Å². The van der Waals surface area contributed by atoms with Crippen LogP contribution in [0.5, 0.6) is 5.75 Å². The summed E-state index contributed by atoms with van der Waals surface area (Å²) in [5, 5.41) is 4.83. The Morgan fingerprint density at radius 1 is 1.00 bits per heavy atom. The maximum absolute atomic E-state index is 5.55. The number of methoxy groups -OCH3 is 1. The topological polar surface area (TPSA) is 37.4 Å². The van der Waals surface area contributed by atoms with Crippen molar-refractivity contribution in [1.82, 2.24) is 9.88 Å². The Hall–Kier alpha value is -2.59. The van der Waals surface area contributed by atoms with E-state index in [0.717, 1.165) is 41.2 Å². The first-order chi connectivity index (χ1) is 13.8. The Kier molecular flexibility index (Phi) is 6.07. The van der Waals surface area contributed by atoms with Crippen LogP contribution in [0.25, 0.3) is 22.2 Å². The molecule has 0 atom stereocenters. The molecule has 1 aliphatic rings. The number of aromatic nitrogens is 1. The third-order valence-corrected chi connectivity index (χ3v) is 5.51. The van der Waals surface area contributed by atoms with E-state index >= 15 is 0 Å². The smallest absolute Gasteiger partial charge is 0.128 e. The predicted molar refractivity (Wildman–Crippen MR) is 117 cm³/mol. The normalized spacial score (nSPS) is 14.9. The highest BCUT2D eigenvalue weighted by Gasteiger charge is 2.12. The van der Waals surface area contributed by atoms with Crippen LogP contribution in [-0.4, -0.2) is 43.2 Å². The van der Waals surface area contributed by atoms with E-state index in [4.69, 9.17) is 9.72 Å². The molecule has 2 heterocycles. The zero-order valence-electron chi connectivity index (χ0n) is 16.7. The van der Waals surface area contributed by atoms with Gasteiger partial charge < -0.3 is 15.0 Å². The zero-order chi connectivity index (χ0) is 19.2. The number of benzene rings is 2. The zero-order valence-corrected chi connectivity index (χ0v) is 16.7. The fourth-order valence-electron chi connectivity index (χ4n) is 4.02. The molecule has 4 heteroatoms. The number of anilines is 1. The molecule has 1 aromatic heterocycles. The second-order valence-corrected chi connectivity index (χ2v) is 7.46. The highest BCUT2D eigenvalue weighted by atomic mass is 16.5. The lowest BCUT2D eigenvalue weighted by molar-refractivity contribution is 0.228. The average molecular weight is 376 g/mol. The number of nitrogens with zero attached hydrogens (tertiary/aromatic N) is 2. The van der Waals surface area contributed by atoms with Crippen molar-refractivity contribution >= 4 is 16.6 Å². The molecule has 28 heavy (non-hydrogen) atoms. The SMILES string of the molecule is COc1ccccc1-c1cc(NCCCN2CCCCC2)c2ccccc2n1. The van der Waals surface area contributed by atoms with Crippen molar-refractivity contribution in [2.24, 2.45) is 0 Å². The molecule has 0 aliphatic carbocycles. The van der Waals surface area contributed by atoms with Crippen LogP contribution in [0.3, 0.4) is 0 Å². The van der Waals surface area contributed by atoms with Gasteiger partial charge in [-0.15, -0.1) is 0 Å². The summed E-state index contributed by atoms with van der Waals surface area (Å²) < 4.78 is 5.55. The molecule has 1 aliphatic heterocycles. The quantitative estimate of drug-likeness (QED) is 0.576. The summed E-state index contributed by atoms with van der Waals surface area (Å²) in [6.45, 7) is 4.66. The van der Waals surface area contributed by atoms with E-state index in [1.807, 2.05) is 24.3 Å². The molecule has 0 saturated carbocycles. The van der Waals surface area contributed by atoms with Crippen LogP contribution in [0, 0.1) is 0 Å². The molecule has 4 rings (SSSR count). The van der Waals surface area contributed by atoms with Crippen LogP contribution in [-0.2, 0) is 0 Å². The van der Waals surface area contributed by atoms with Crippen molar-refractivity contribution in [3.8, 4) is 17.0 Å². The largest absolute Gasteiger partial charge is 0.496 e. The summed E-state index contributed by atoms with van der Waals surface area (Å²) in [7, 11) is 1.71. The number of nitrogens with one attached hydrogen (secondary N) is 1. The number of fused-ring (bicyclic) bond motifs is 1. The number of para-hydroxylation sites is 2. The van der Waals surface area contributed by atoms with Crippen molar-refractivity contribution < 1.29 is 4.74 Å². The van der Waals surface area contributed by atoms with E-state index in [-0.39, 0.29) is 0 Å². The second-order valence-electron chi connectivity index (χ2n) is 7.46. The molecule has 0 bridgehead atoms. The van der Waals surface area contributed by atoms with Crippen molar-refractivity contribution in [3.05, 3.63) is 54.6 Å². The summed E-state index contributed by atoms with van der Waals surface area (Å²) in [5.74, 6) is 0.848. The number of pyridine rings is 1. The van der Waals surface area contributed by atoms with Crippen molar-refractivity contribution in [1.29, 1.82) is 0 Å². The first kappa shape index (κ1) is 18.8. The first-order valence-corrected chi connectivity index (χ1v) is 10.3. The molecule has 0 radical (unpaired) electrons. The molecule has 0 unspecified atom stereocenters. The Morgan fingerprint density at radius 3 is 2.64 bits per heavy atom. The molecule has 1 fully saturated rings. The number of piperidine rings is 1. The van der Waals surface area contributed by atoms with Gasteiger partial charge in [-0.2, -0.15) is 0 Å². The minimum Gasteiger partial charge on any atom is -0.496 e. The van der Waals surface area contributed by atoms with Crippen molar-refractivity contribution in [3.63, 3.8) is 0 Å². The molecule has 2 aromatic carbocycles. The van der Waals surface area contributed by atoms with Gasteiger partial charge in [0.1, 0.15) is 5.75 Å². The monoisotopic (exact) mass is 375 g/mol. The molecule has 0 amide bonds. The molecular formula is C24H29N3O. The van der Waals surface area contributed by atoms with Gasteiger partial charge in [0.25, 0.3) is 0 Å². The van der Waals surface area contributed by atoms with E-state index in [2.05, 4.69) is 40.5 Å². The molecular weight excluding hydrogens is 346 g/mol. The number of rotatable bonds is 7. The van der Waals surface area contributed by atoms with E-state index in [1.165, 1.54) is 44.3 Å². The van der Waals surface area contributed by atoms with Gasteiger partial charge in [0.15, 0.2) is 0 Å². The summed E-state index contributed by atoms with van der Waals surface area (Å²) in [6, 6.07) is 18.6. The highest BCUT2D eigenvalue weighted by Crippen LogP contribution is 2.33. The Bertz CT molecular complexity index is 919. The predicted octanol–water partition coefficient (Wildman–Crippen LogP) is 5.20. The van der Waals surface area contributed by atoms with Crippen molar-refractivity contribution in [2.75, 3.05) is 38.6 Å². The number of ether oxygens (including phenoxy) is 1. The van der Waals surface area contributed by atoms with Gasteiger partial charge in [-0.25, -0.2) is 4.98 Å². The van der Waals surface area contributed by atoms with Gasteiger partial charge in [-0.1, -0.05) is 36.8 Å². The molecule has 1 N–H and O–H groups in total. The standard InChI is InChI=1S/C24H29N3O/c1-28-24-13-6-4-11-20(24)23-18-22(19-10-3-5-12-21(19)26-23)25-14-9-17-27-15-7-2-8-16-27/h3-6,10-13,18H,2,7-9,14-17H2,1H3,(H,25,26). The van der Waals surface area contributed by atoms with Crippen LogP contribution in [0.15, 0.2) is 54.6 Å². The van der Waals surface area contributed by atoms with Crippen LogP contribution in [0.4, 0.5) is 5.69 Å². The van der Waals surface area contributed by atoms with Crippen LogP contribution >= 0.6 is 0 Å². The molecule has 3 aromatic rings. The van der Waals surface area contributed by atoms with E-state index in [0.29, 0.717) is 0 Å². The summed E-state index contributed by atoms with van der Waals surface area (Å²) in [4.78, 5) is 7.48. The average Bonchev–Trinajstić information content (AvgIpc) is 2.77. The van der Waals surface area contributed by atoms with Gasteiger partial charge in [0, 0.05) is 23.2 Å². The summed E-state index contributed by atoms with van der Waals surface area (Å²) in [6.07, 6.45) is 5.25. The molecule has 1 saturated heterocycles. The van der Waals surface area contributed by atoms with Crippen LogP contribution < -0.4 is 10.1 Å². The first-order valence-electron chi connectivity index (χ1n) is 10.3. The maximum Gasteiger partial charge on any atom is 0.128 e. The van der Waals surface area contributed by atoms with Gasteiger partial charge in [0.05, 0.1) is 18.3 Å².